The summed E-state index contributed by atoms with van der Waals surface area (Å²) in [6.45, 7) is -0.695. The smallest absolute Gasteiger partial charge is 0.477 e. The summed E-state index contributed by atoms with van der Waals surface area (Å²) in [6.07, 6.45) is -7.68. The number of hydrogen-bond donors (Lipinski definition) is 4. The zero-order valence-electron chi connectivity index (χ0n) is 10.3. The van der Waals surface area contributed by atoms with Gasteiger partial charge in [-0.1, -0.05) is 0 Å². The Balaban J connectivity index is 3.68. The summed E-state index contributed by atoms with van der Waals surface area (Å²) >= 11 is 0. The third-order valence-corrected chi connectivity index (χ3v) is 1.57. The first-order valence-corrected chi connectivity index (χ1v) is 5.22. The van der Waals surface area contributed by atoms with Gasteiger partial charge >= 0.3 is 36.8 Å². The molecule has 0 aliphatic carbocycles. The highest BCUT2D eigenvalue weighted by Gasteiger charge is 2.20. The molecule has 0 aromatic rings. The molecule has 0 aromatic heterocycles. The van der Waals surface area contributed by atoms with Crippen LogP contribution in [0, 0.1) is 0 Å². The van der Waals surface area contributed by atoms with Crippen LogP contribution < -0.4 is 0 Å². The van der Waals surface area contributed by atoms with E-state index in [-0.39, 0.29) is 19.6 Å². The predicted octanol–water partition coefficient (Wildman–Crippen LogP) is -1.51. The van der Waals surface area contributed by atoms with Crippen LogP contribution in [-0.4, -0.2) is 70.5 Å². The average Bonchev–Trinajstić information content (AvgIpc) is 2.37. The van der Waals surface area contributed by atoms with Crippen molar-refractivity contribution >= 4 is 24.2 Å². The Labute approximate surface area is 116 Å². The van der Waals surface area contributed by atoms with Gasteiger partial charge in [0.2, 0.25) is 0 Å². The summed E-state index contributed by atoms with van der Waals surface area (Å²) in [5.41, 5.74) is 0. The fourth-order valence-electron chi connectivity index (χ4n) is 0.721. The number of aliphatic hydroxyl groups excluding tert-OH is 2. The molecule has 0 heterocycles. The molecule has 4 N–H and O–H groups in total. The van der Waals surface area contributed by atoms with Gasteiger partial charge < -0.3 is 39.4 Å². The van der Waals surface area contributed by atoms with Gasteiger partial charge in [-0.3, -0.25) is 0 Å². The molecule has 0 saturated heterocycles. The molecule has 21 heavy (non-hydrogen) atoms. The first-order valence-electron chi connectivity index (χ1n) is 5.22. The van der Waals surface area contributed by atoms with Gasteiger partial charge in [0.1, 0.15) is 0 Å². The summed E-state index contributed by atoms with van der Waals surface area (Å²) in [5, 5.41) is 33.6. The Morgan fingerprint density at radius 2 is 1.10 bits per heavy atom. The van der Waals surface area contributed by atoms with E-state index in [0.29, 0.717) is 0 Å². The number of carbonyl (C=O) groups excluding carboxylic acids is 2. The Hall–Kier alpha value is -2.60. The standard InChI is InChI=1S/C9H12O12/c10-4(11)6(14)20-8(16)18-2-1-3-19-9(17)21-7(15)5(12)13/h6-7,14-15H,1-3H2,(H,10,11)(H,12,13). The molecular formula is C9H12O12. The van der Waals surface area contributed by atoms with Crippen LogP contribution in [0.2, 0.25) is 0 Å². The van der Waals surface area contributed by atoms with Crippen LogP contribution in [0.1, 0.15) is 6.42 Å². The van der Waals surface area contributed by atoms with E-state index in [1.165, 1.54) is 0 Å². The van der Waals surface area contributed by atoms with E-state index in [1.54, 1.807) is 0 Å². The number of aliphatic hydroxyl groups is 2. The van der Waals surface area contributed by atoms with Crippen LogP contribution >= 0.6 is 0 Å². The van der Waals surface area contributed by atoms with Gasteiger partial charge in [-0.15, -0.1) is 0 Å². The van der Waals surface area contributed by atoms with Gasteiger partial charge in [-0.05, 0) is 0 Å². The first kappa shape index (κ1) is 18.4. The SMILES string of the molecule is O=C(OCCCOC(=O)OC(O)C(=O)O)OC(O)C(=O)O. The van der Waals surface area contributed by atoms with Gasteiger partial charge in [-0.2, -0.15) is 0 Å². The fourth-order valence-corrected chi connectivity index (χ4v) is 0.721. The van der Waals surface area contributed by atoms with Crippen LogP contribution in [0.4, 0.5) is 9.59 Å². The van der Waals surface area contributed by atoms with E-state index in [9.17, 15) is 19.2 Å². The van der Waals surface area contributed by atoms with Crippen LogP contribution in [0.15, 0.2) is 0 Å². The largest absolute Gasteiger partial charge is 0.511 e. The van der Waals surface area contributed by atoms with E-state index in [0.717, 1.165) is 0 Å². The van der Waals surface area contributed by atoms with E-state index in [4.69, 9.17) is 20.4 Å². The summed E-state index contributed by atoms with van der Waals surface area (Å²) in [7, 11) is 0. The number of carboxylic acids is 2. The third-order valence-electron chi connectivity index (χ3n) is 1.57. The molecule has 0 saturated carbocycles. The lowest BCUT2D eigenvalue weighted by Crippen LogP contribution is -2.27. The van der Waals surface area contributed by atoms with Gasteiger partial charge in [0, 0.05) is 6.42 Å². The minimum Gasteiger partial charge on any atom is -0.477 e. The quantitative estimate of drug-likeness (QED) is 0.231. The monoisotopic (exact) mass is 312 g/mol. The number of hydrogen-bond acceptors (Lipinski definition) is 10. The molecule has 2 unspecified atom stereocenters. The van der Waals surface area contributed by atoms with Crippen molar-refractivity contribution in [2.24, 2.45) is 0 Å². The molecule has 0 amide bonds. The van der Waals surface area contributed by atoms with Crippen molar-refractivity contribution in [3.63, 3.8) is 0 Å². The summed E-state index contributed by atoms with van der Waals surface area (Å²) in [6, 6.07) is 0. The van der Waals surface area contributed by atoms with Crippen molar-refractivity contribution in [1.82, 2.24) is 0 Å². The van der Waals surface area contributed by atoms with Gasteiger partial charge in [0.25, 0.3) is 0 Å². The van der Waals surface area contributed by atoms with Crippen molar-refractivity contribution in [1.29, 1.82) is 0 Å². The number of carboxylic acid groups (broad SMARTS) is 2. The molecule has 120 valence electrons. The number of rotatable bonds is 8. The second kappa shape index (κ2) is 9.33. The highest BCUT2D eigenvalue weighted by molar-refractivity contribution is 5.74. The predicted molar refractivity (Wildman–Crippen MR) is 56.8 cm³/mol. The molecule has 2 atom stereocenters. The van der Waals surface area contributed by atoms with Crippen molar-refractivity contribution < 1.29 is 58.6 Å². The third kappa shape index (κ3) is 9.01. The van der Waals surface area contributed by atoms with Gasteiger partial charge in [0.05, 0.1) is 13.2 Å². The van der Waals surface area contributed by atoms with Gasteiger partial charge in [-0.25, -0.2) is 19.2 Å². The minimum absolute atomic E-state index is 0.0590. The van der Waals surface area contributed by atoms with E-state index in [1.807, 2.05) is 0 Å². The maximum atomic E-state index is 10.8. The molecule has 0 aliphatic heterocycles. The van der Waals surface area contributed by atoms with Crippen molar-refractivity contribution in [2.45, 2.75) is 19.0 Å². The van der Waals surface area contributed by atoms with Crippen molar-refractivity contribution in [3.05, 3.63) is 0 Å². The Morgan fingerprint density at radius 1 is 0.762 bits per heavy atom. The molecule has 12 heteroatoms. The normalized spacial score (nSPS) is 12.7. The van der Waals surface area contributed by atoms with Crippen molar-refractivity contribution in [3.8, 4) is 0 Å². The van der Waals surface area contributed by atoms with Gasteiger partial charge in [0.15, 0.2) is 0 Å². The lowest BCUT2D eigenvalue weighted by molar-refractivity contribution is -0.170. The molecule has 0 bridgehead atoms. The fraction of sp³-hybridized carbons (Fsp3) is 0.556. The Bertz CT molecular complexity index is 354. The molecule has 0 aliphatic rings. The lowest BCUT2D eigenvalue weighted by Gasteiger charge is -2.09. The highest BCUT2D eigenvalue weighted by Crippen LogP contribution is 1.96. The second-order valence-corrected chi connectivity index (χ2v) is 3.17. The van der Waals surface area contributed by atoms with Crippen LogP contribution in [0.5, 0.6) is 0 Å². The molecule has 0 radical (unpaired) electrons. The highest BCUT2D eigenvalue weighted by atomic mass is 16.8. The Morgan fingerprint density at radius 3 is 1.38 bits per heavy atom. The number of aliphatic carboxylic acids is 2. The molecular weight excluding hydrogens is 300 g/mol. The molecule has 0 aromatic carbocycles. The maximum absolute atomic E-state index is 10.8. The summed E-state index contributed by atoms with van der Waals surface area (Å²) < 4.78 is 16.4. The molecule has 12 nitrogen and oxygen atoms in total. The minimum atomic E-state index is -2.36. The van der Waals surface area contributed by atoms with Crippen LogP contribution in [0.3, 0.4) is 0 Å². The van der Waals surface area contributed by atoms with Crippen LogP contribution in [0.25, 0.3) is 0 Å². The van der Waals surface area contributed by atoms with E-state index in [2.05, 4.69) is 18.9 Å². The second-order valence-electron chi connectivity index (χ2n) is 3.17. The zero-order valence-corrected chi connectivity index (χ0v) is 10.3. The number of ether oxygens (including phenoxy) is 4. The van der Waals surface area contributed by atoms with Crippen molar-refractivity contribution in [2.75, 3.05) is 13.2 Å². The van der Waals surface area contributed by atoms with E-state index >= 15 is 0 Å². The maximum Gasteiger partial charge on any atom is 0.511 e. The topological polar surface area (TPSA) is 186 Å². The molecule has 0 rings (SSSR count). The first-order chi connectivity index (χ1) is 9.73. The summed E-state index contributed by atoms with van der Waals surface area (Å²) in [4.78, 5) is 41.8. The number of carbonyl (C=O) groups is 4. The van der Waals surface area contributed by atoms with Crippen LogP contribution in [-0.2, 0) is 28.5 Å². The Kier molecular flexibility index (Phi) is 8.17. The van der Waals surface area contributed by atoms with E-state index < -0.39 is 36.8 Å². The zero-order chi connectivity index (χ0) is 16.4. The molecule has 0 spiro atoms. The average molecular weight is 312 g/mol. The summed E-state index contributed by atoms with van der Waals surface area (Å²) in [5.74, 6) is -3.56. The molecule has 0 fully saturated rings. The lowest BCUT2D eigenvalue weighted by atomic mass is 10.5.